The number of rotatable bonds is 8. The first kappa shape index (κ1) is 30.7. The van der Waals surface area contributed by atoms with Gasteiger partial charge in [-0.2, -0.15) is 13.2 Å². The highest BCUT2D eigenvalue weighted by atomic mass is 32.2. The normalized spacial score (nSPS) is 18.2. The lowest BCUT2D eigenvalue weighted by Gasteiger charge is -2.37. The van der Waals surface area contributed by atoms with Crippen LogP contribution in [0, 0.1) is 11.3 Å². The number of nitrogens with zero attached hydrogens (tertiary/aromatic N) is 1. The summed E-state index contributed by atoms with van der Waals surface area (Å²) < 4.78 is 75.7. The molecule has 0 radical (unpaired) electrons. The monoisotopic (exact) mass is 590 g/mol. The molecule has 4 rings (SSSR count). The molecule has 41 heavy (non-hydrogen) atoms. The molecule has 1 fully saturated rings. The van der Waals surface area contributed by atoms with Crippen molar-refractivity contribution in [2.45, 2.75) is 70.1 Å². The van der Waals surface area contributed by atoms with Crippen LogP contribution in [-0.4, -0.2) is 34.0 Å². The molecule has 0 spiro atoms. The molecule has 1 aliphatic carbocycles. The van der Waals surface area contributed by atoms with Gasteiger partial charge in [-0.3, -0.25) is 4.79 Å². The lowest BCUT2D eigenvalue weighted by atomic mass is 9.72. The Morgan fingerprint density at radius 3 is 2.24 bits per heavy atom. The highest BCUT2D eigenvalue weighted by Crippen LogP contribution is 2.44. The van der Waals surface area contributed by atoms with Gasteiger partial charge in [0.1, 0.15) is 11.3 Å². The summed E-state index contributed by atoms with van der Waals surface area (Å²) >= 11 is 0. The lowest BCUT2D eigenvalue weighted by Crippen LogP contribution is -2.33. The van der Waals surface area contributed by atoms with Crippen LogP contribution in [0.3, 0.4) is 0 Å². The van der Waals surface area contributed by atoms with Gasteiger partial charge < -0.3 is 9.64 Å². The lowest BCUT2D eigenvalue weighted by molar-refractivity contribution is -0.138. The van der Waals surface area contributed by atoms with Crippen LogP contribution >= 0.6 is 0 Å². The number of sulfonamides is 1. The Balaban J connectivity index is 1.46. The third-order valence-electron chi connectivity index (χ3n) is 7.86. The highest BCUT2D eigenvalue weighted by Gasteiger charge is 2.38. The number of benzene rings is 3. The van der Waals surface area contributed by atoms with E-state index in [2.05, 4.69) is 25.5 Å². The fraction of sp³-hybridized carbons (Fsp3) is 0.452. The summed E-state index contributed by atoms with van der Waals surface area (Å²) in [6, 6.07) is 15.2. The third-order valence-corrected chi connectivity index (χ3v) is 9.25. The van der Waals surface area contributed by atoms with Gasteiger partial charge in [-0.15, -0.1) is 0 Å². The van der Waals surface area contributed by atoms with E-state index in [0.717, 1.165) is 25.7 Å². The number of amides is 1. The summed E-state index contributed by atoms with van der Waals surface area (Å²) in [5, 5.41) is 0.434. The Kier molecular flexibility index (Phi) is 8.92. The number of hydrogen-bond donors (Lipinski definition) is 1. The van der Waals surface area contributed by atoms with Crippen molar-refractivity contribution in [1.29, 1.82) is 0 Å². The maximum absolute atomic E-state index is 14.3. The number of fused-ring (bicyclic) bond motifs is 1. The second kappa shape index (κ2) is 11.9. The second-order valence-corrected chi connectivity index (χ2v) is 13.5. The van der Waals surface area contributed by atoms with Gasteiger partial charge in [0.15, 0.2) is 0 Å². The topological polar surface area (TPSA) is 75.7 Å². The minimum absolute atomic E-state index is 0.0161. The number of alkyl halides is 3. The van der Waals surface area contributed by atoms with Gasteiger partial charge in [0.25, 0.3) is 10.0 Å². The molecule has 0 saturated heterocycles. The summed E-state index contributed by atoms with van der Waals surface area (Å²) in [4.78, 5) is 14.0. The molecule has 0 bridgehead atoms. The van der Waals surface area contributed by atoms with Crippen LogP contribution in [0.4, 0.5) is 18.9 Å². The number of carbonyl (C=O) groups is 1. The van der Waals surface area contributed by atoms with Crippen molar-refractivity contribution < 1.29 is 31.1 Å². The maximum atomic E-state index is 14.3. The summed E-state index contributed by atoms with van der Waals surface area (Å²) in [5.74, 6) is -0.309. The molecule has 1 N–H and O–H groups in total. The van der Waals surface area contributed by atoms with Gasteiger partial charge in [0.05, 0.1) is 11.0 Å². The number of nitrogens with one attached hydrogen (secondary N) is 1. The van der Waals surface area contributed by atoms with Crippen molar-refractivity contribution in [3.05, 3.63) is 66.2 Å². The standard InChI is InChI=1S/C31H37F3N2O4S/c1-30(2,3)22-11-14-24(15-12-22)40-27-17-10-21-20-23(13-16-26(21)29(27)31(32,33)34)36(4)19-18-28(37)35-41(38,39)25-8-6-5-7-9-25/h5-10,13,16-17,20,22,24H,11-12,14-15,18-19H2,1-4H3,(H,35,37). The Bertz CT molecular complexity index is 1480. The maximum Gasteiger partial charge on any atom is 0.420 e. The number of anilines is 1. The van der Waals surface area contributed by atoms with Crippen LogP contribution in [0.5, 0.6) is 5.75 Å². The van der Waals surface area contributed by atoms with Crippen molar-refractivity contribution in [1.82, 2.24) is 4.72 Å². The zero-order valence-corrected chi connectivity index (χ0v) is 24.6. The van der Waals surface area contributed by atoms with Gasteiger partial charge in [0, 0.05) is 25.7 Å². The van der Waals surface area contributed by atoms with Crippen LogP contribution in [0.25, 0.3) is 10.8 Å². The van der Waals surface area contributed by atoms with Crippen LogP contribution in [-0.2, 0) is 21.0 Å². The molecular weight excluding hydrogens is 553 g/mol. The van der Waals surface area contributed by atoms with Crippen LogP contribution in [0.15, 0.2) is 65.6 Å². The van der Waals surface area contributed by atoms with Crippen molar-refractivity contribution in [2.24, 2.45) is 11.3 Å². The van der Waals surface area contributed by atoms with Gasteiger partial charge in [-0.1, -0.05) is 51.1 Å². The van der Waals surface area contributed by atoms with Crippen LogP contribution < -0.4 is 14.4 Å². The van der Waals surface area contributed by atoms with E-state index in [1.165, 1.54) is 24.3 Å². The van der Waals surface area contributed by atoms with Gasteiger partial charge in [-0.05, 0) is 78.1 Å². The van der Waals surface area contributed by atoms with E-state index in [1.54, 1.807) is 48.3 Å². The summed E-state index contributed by atoms with van der Waals surface area (Å²) in [6.07, 6.45) is -1.69. The third kappa shape index (κ3) is 7.52. The molecule has 0 heterocycles. The molecule has 3 aromatic rings. The quantitative estimate of drug-likeness (QED) is 0.301. The number of ether oxygens (including phenoxy) is 1. The van der Waals surface area contributed by atoms with Crippen molar-refractivity contribution in [3.8, 4) is 5.75 Å². The van der Waals surface area contributed by atoms with Crippen molar-refractivity contribution in [2.75, 3.05) is 18.5 Å². The van der Waals surface area contributed by atoms with Gasteiger partial charge in [0.2, 0.25) is 5.91 Å². The largest absolute Gasteiger partial charge is 0.490 e. The minimum atomic E-state index is -4.60. The summed E-state index contributed by atoms with van der Waals surface area (Å²) in [5.41, 5.74) is -0.0225. The zero-order chi connectivity index (χ0) is 30.0. The van der Waals surface area contributed by atoms with Gasteiger partial charge in [-0.25, -0.2) is 13.1 Å². The zero-order valence-electron chi connectivity index (χ0n) is 23.8. The molecular formula is C31H37F3N2O4S. The minimum Gasteiger partial charge on any atom is -0.490 e. The molecule has 222 valence electrons. The second-order valence-electron chi connectivity index (χ2n) is 11.8. The fourth-order valence-electron chi connectivity index (χ4n) is 5.41. The SMILES string of the molecule is CN(CCC(=O)NS(=O)(=O)c1ccccc1)c1ccc2c(C(F)(F)F)c(OC3CCC(C(C)(C)C)CC3)ccc2c1. The van der Waals surface area contributed by atoms with Gasteiger partial charge >= 0.3 is 6.18 Å². The van der Waals surface area contributed by atoms with E-state index in [-0.39, 0.29) is 40.5 Å². The molecule has 1 amide bonds. The van der Waals surface area contributed by atoms with E-state index in [0.29, 0.717) is 17.0 Å². The predicted octanol–water partition coefficient (Wildman–Crippen LogP) is 7.17. The first-order valence-corrected chi connectivity index (χ1v) is 15.3. The molecule has 0 aliphatic heterocycles. The molecule has 10 heteroatoms. The van der Waals surface area contributed by atoms with E-state index in [1.807, 2.05) is 0 Å². The summed E-state index contributed by atoms with van der Waals surface area (Å²) in [6.45, 7) is 6.74. The molecule has 3 aromatic carbocycles. The molecule has 0 atom stereocenters. The van der Waals surface area contributed by atoms with E-state index in [9.17, 15) is 26.4 Å². The first-order valence-electron chi connectivity index (χ1n) is 13.8. The Hall–Kier alpha value is -3.27. The van der Waals surface area contributed by atoms with E-state index in [4.69, 9.17) is 4.74 Å². The number of carbonyl (C=O) groups excluding carboxylic acids is 1. The molecule has 0 aromatic heterocycles. The molecule has 1 saturated carbocycles. The van der Waals surface area contributed by atoms with Crippen molar-refractivity contribution in [3.63, 3.8) is 0 Å². The van der Waals surface area contributed by atoms with Crippen molar-refractivity contribution >= 4 is 32.4 Å². The Morgan fingerprint density at radius 2 is 1.63 bits per heavy atom. The number of halogens is 3. The summed E-state index contributed by atoms with van der Waals surface area (Å²) in [7, 11) is -2.29. The van der Waals surface area contributed by atoms with E-state index < -0.39 is 27.7 Å². The molecule has 1 aliphatic rings. The van der Waals surface area contributed by atoms with Crippen LogP contribution in [0.2, 0.25) is 0 Å². The molecule has 6 nitrogen and oxygen atoms in total. The Labute approximate surface area is 239 Å². The number of hydrogen-bond acceptors (Lipinski definition) is 5. The average Bonchev–Trinajstić information content (AvgIpc) is 2.90. The predicted molar refractivity (Wildman–Crippen MR) is 154 cm³/mol. The van der Waals surface area contributed by atoms with Crippen LogP contribution in [0.1, 0.15) is 58.4 Å². The van der Waals surface area contributed by atoms with E-state index >= 15 is 0 Å². The fourth-order valence-corrected chi connectivity index (χ4v) is 6.44. The first-order chi connectivity index (χ1) is 19.1. The Morgan fingerprint density at radius 1 is 0.976 bits per heavy atom. The average molecular weight is 591 g/mol. The smallest absolute Gasteiger partial charge is 0.420 e. The molecule has 0 unspecified atom stereocenters. The highest BCUT2D eigenvalue weighted by molar-refractivity contribution is 7.90.